The zero-order valence-electron chi connectivity index (χ0n) is 13.6. The van der Waals surface area contributed by atoms with Gasteiger partial charge in [-0.15, -0.1) is 0 Å². The number of ether oxygens (including phenoxy) is 1. The van der Waals surface area contributed by atoms with Crippen LogP contribution in [0.15, 0.2) is 30.5 Å². The summed E-state index contributed by atoms with van der Waals surface area (Å²) in [4.78, 5) is 23.1. The Bertz CT molecular complexity index is 716. The van der Waals surface area contributed by atoms with Gasteiger partial charge in [0.25, 0.3) is 0 Å². The van der Waals surface area contributed by atoms with Crippen LogP contribution in [0, 0.1) is 0 Å². The number of aromatic nitrogens is 1. The van der Waals surface area contributed by atoms with E-state index in [1.807, 2.05) is 12.1 Å². The predicted molar refractivity (Wildman–Crippen MR) is 89.4 cm³/mol. The summed E-state index contributed by atoms with van der Waals surface area (Å²) in [5, 5.41) is 1.23. The number of carbonyl (C=O) groups is 2. The Morgan fingerprint density at radius 2 is 2.17 bits per heavy atom. The van der Waals surface area contributed by atoms with Gasteiger partial charge in [0, 0.05) is 42.4 Å². The van der Waals surface area contributed by atoms with E-state index in [0.29, 0.717) is 18.6 Å². The molecule has 122 valence electrons. The molecular weight excluding hydrogens is 290 g/mol. The molecule has 0 amide bonds. The van der Waals surface area contributed by atoms with Gasteiger partial charge in [-0.25, -0.2) is 0 Å². The molecule has 1 unspecified atom stereocenters. The maximum atomic E-state index is 11.8. The first kappa shape index (κ1) is 15.8. The van der Waals surface area contributed by atoms with Gasteiger partial charge in [-0.05, 0) is 37.3 Å². The van der Waals surface area contributed by atoms with Crippen molar-refractivity contribution >= 4 is 22.7 Å². The van der Waals surface area contributed by atoms with E-state index < -0.39 is 0 Å². The van der Waals surface area contributed by atoms with E-state index in [9.17, 15) is 9.59 Å². The lowest BCUT2D eigenvalue weighted by Gasteiger charge is -2.23. The summed E-state index contributed by atoms with van der Waals surface area (Å²) in [5.74, 6) is 0.206. The first-order valence-corrected chi connectivity index (χ1v) is 8.36. The molecule has 2 aromatic rings. The van der Waals surface area contributed by atoms with Crippen LogP contribution < -0.4 is 0 Å². The largest absolute Gasteiger partial charge is 0.469 e. The third-order valence-corrected chi connectivity index (χ3v) is 4.73. The van der Waals surface area contributed by atoms with Crippen molar-refractivity contribution in [1.29, 1.82) is 0 Å². The molecule has 4 nitrogen and oxygen atoms in total. The summed E-state index contributed by atoms with van der Waals surface area (Å²) in [6.45, 7) is 0. The lowest BCUT2D eigenvalue weighted by molar-refractivity contribution is -0.140. The van der Waals surface area contributed by atoms with E-state index in [0.717, 1.165) is 32.1 Å². The van der Waals surface area contributed by atoms with E-state index in [1.54, 1.807) is 0 Å². The van der Waals surface area contributed by atoms with Crippen molar-refractivity contribution in [2.24, 2.45) is 0 Å². The molecule has 0 N–H and O–H groups in total. The summed E-state index contributed by atoms with van der Waals surface area (Å²) >= 11 is 0. The molecule has 4 heteroatoms. The number of hydrogen-bond donors (Lipinski definition) is 0. The number of nitrogens with zero attached hydrogens (tertiary/aromatic N) is 1. The standard InChI is InChI=1S/C19H23NO3/c1-23-19(22)11-4-6-14-13-20(15-7-5-8-16(21)12-15)18-10-3-2-9-17(14)18/h2-3,9-10,13,15H,4-8,11-12H2,1H3. The molecule has 1 saturated carbocycles. The quantitative estimate of drug-likeness (QED) is 0.788. The number of esters is 1. The Hall–Kier alpha value is -2.10. The van der Waals surface area contributed by atoms with Gasteiger partial charge < -0.3 is 9.30 Å². The van der Waals surface area contributed by atoms with Crippen molar-refractivity contribution in [2.75, 3.05) is 7.11 Å². The van der Waals surface area contributed by atoms with Gasteiger partial charge in [-0.2, -0.15) is 0 Å². The van der Waals surface area contributed by atoms with Crippen molar-refractivity contribution < 1.29 is 14.3 Å². The van der Waals surface area contributed by atoms with Crippen molar-refractivity contribution in [3.63, 3.8) is 0 Å². The van der Waals surface area contributed by atoms with Crippen molar-refractivity contribution in [2.45, 2.75) is 51.0 Å². The molecule has 0 aliphatic heterocycles. The highest BCUT2D eigenvalue weighted by molar-refractivity contribution is 5.85. The lowest BCUT2D eigenvalue weighted by atomic mass is 9.94. The van der Waals surface area contributed by atoms with Gasteiger partial charge in [-0.1, -0.05) is 18.2 Å². The summed E-state index contributed by atoms with van der Waals surface area (Å²) in [7, 11) is 1.42. The number of methoxy groups -OCH3 is 1. The van der Waals surface area contributed by atoms with Crippen molar-refractivity contribution in [3.8, 4) is 0 Å². The Balaban J connectivity index is 1.84. The van der Waals surface area contributed by atoms with Crippen LogP contribution in [0.25, 0.3) is 10.9 Å². The van der Waals surface area contributed by atoms with Crippen LogP contribution in [0.4, 0.5) is 0 Å². The molecule has 0 spiro atoms. The first-order valence-electron chi connectivity index (χ1n) is 8.36. The van der Waals surface area contributed by atoms with Gasteiger partial charge in [0.05, 0.1) is 7.11 Å². The van der Waals surface area contributed by atoms with Gasteiger partial charge >= 0.3 is 5.97 Å². The summed E-state index contributed by atoms with van der Waals surface area (Å²) in [6, 6.07) is 8.61. The van der Waals surface area contributed by atoms with Crippen LogP contribution in [-0.2, 0) is 20.7 Å². The van der Waals surface area contributed by atoms with E-state index in [4.69, 9.17) is 4.74 Å². The SMILES string of the molecule is COC(=O)CCCc1cn(C2CCCC(=O)C2)c2ccccc12. The van der Waals surface area contributed by atoms with Crippen LogP contribution in [0.3, 0.4) is 0 Å². The van der Waals surface area contributed by atoms with Crippen molar-refractivity contribution in [3.05, 3.63) is 36.0 Å². The predicted octanol–water partition coefficient (Wildman–Crippen LogP) is 3.82. The molecule has 0 bridgehead atoms. The maximum absolute atomic E-state index is 11.8. The molecule has 0 radical (unpaired) electrons. The number of benzene rings is 1. The molecular formula is C19H23NO3. The van der Waals surface area contributed by atoms with E-state index in [2.05, 4.69) is 22.9 Å². The van der Waals surface area contributed by atoms with Gasteiger partial charge in [-0.3, -0.25) is 9.59 Å². The second kappa shape index (κ2) is 6.99. The van der Waals surface area contributed by atoms with Crippen LogP contribution in [0.2, 0.25) is 0 Å². The summed E-state index contributed by atoms with van der Waals surface area (Å²) in [5.41, 5.74) is 2.45. The smallest absolute Gasteiger partial charge is 0.305 e. The molecule has 1 aromatic carbocycles. The van der Waals surface area contributed by atoms with E-state index >= 15 is 0 Å². The number of rotatable bonds is 5. The number of ketones is 1. The highest BCUT2D eigenvalue weighted by Gasteiger charge is 2.22. The fourth-order valence-corrected chi connectivity index (χ4v) is 3.54. The zero-order valence-corrected chi connectivity index (χ0v) is 13.6. The van der Waals surface area contributed by atoms with Crippen molar-refractivity contribution in [1.82, 2.24) is 4.57 Å². The number of aryl methyl sites for hydroxylation is 1. The second-order valence-corrected chi connectivity index (χ2v) is 6.30. The van der Waals surface area contributed by atoms with Crippen LogP contribution in [0.5, 0.6) is 0 Å². The Morgan fingerprint density at radius 1 is 1.35 bits per heavy atom. The highest BCUT2D eigenvalue weighted by Crippen LogP contribution is 2.32. The zero-order chi connectivity index (χ0) is 16.2. The maximum Gasteiger partial charge on any atom is 0.305 e. The van der Waals surface area contributed by atoms with Crippen LogP contribution in [-0.4, -0.2) is 23.4 Å². The van der Waals surface area contributed by atoms with Gasteiger partial charge in [0.2, 0.25) is 0 Å². The Labute approximate surface area is 136 Å². The number of para-hydroxylation sites is 1. The molecule has 3 rings (SSSR count). The second-order valence-electron chi connectivity index (χ2n) is 6.30. The molecule has 1 fully saturated rings. The van der Waals surface area contributed by atoms with Crippen LogP contribution >= 0.6 is 0 Å². The minimum atomic E-state index is -0.161. The van der Waals surface area contributed by atoms with E-state index in [1.165, 1.54) is 23.6 Å². The minimum Gasteiger partial charge on any atom is -0.469 e. The van der Waals surface area contributed by atoms with Crippen LogP contribution in [0.1, 0.15) is 50.1 Å². The molecule has 0 saturated heterocycles. The molecule has 1 aliphatic carbocycles. The van der Waals surface area contributed by atoms with E-state index in [-0.39, 0.29) is 12.0 Å². The Morgan fingerprint density at radius 3 is 2.96 bits per heavy atom. The molecule has 1 aromatic heterocycles. The first-order chi connectivity index (χ1) is 11.2. The third-order valence-electron chi connectivity index (χ3n) is 4.73. The third kappa shape index (κ3) is 3.46. The molecule has 23 heavy (non-hydrogen) atoms. The topological polar surface area (TPSA) is 48.3 Å². The lowest BCUT2D eigenvalue weighted by Crippen LogP contribution is -2.18. The highest BCUT2D eigenvalue weighted by atomic mass is 16.5. The fraction of sp³-hybridized carbons (Fsp3) is 0.474. The number of Topliss-reactive ketones (excluding diaryl/α,β-unsaturated/α-hetero) is 1. The van der Waals surface area contributed by atoms with Gasteiger partial charge in [0.1, 0.15) is 5.78 Å². The monoisotopic (exact) mass is 313 g/mol. The van der Waals surface area contributed by atoms with Gasteiger partial charge in [0.15, 0.2) is 0 Å². The number of carbonyl (C=O) groups excluding carboxylic acids is 2. The average molecular weight is 313 g/mol. The number of fused-ring (bicyclic) bond motifs is 1. The molecule has 1 heterocycles. The minimum absolute atomic E-state index is 0.161. The Kier molecular flexibility index (Phi) is 4.79. The fourth-order valence-electron chi connectivity index (χ4n) is 3.54. The average Bonchev–Trinajstić information content (AvgIpc) is 2.94. The summed E-state index contributed by atoms with van der Waals surface area (Å²) in [6.07, 6.45) is 7.67. The number of hydrogen-bond acceptors (Lipinski definition) is 3. The molecule has 1 atom stereocenters. The molecule has 1 aliphatic rings. The normalized spacial score (nSPS) is 18.3. The summed E-state index contributed by atoms with van der Waals surface area (Å²) < 4.78 is 6.98.